The summed E-state index contributed by atoms with van der Waals surface area (Å²) < 4.78 is 0. The average Bonchev–Trinajstić information content (AvgIpc) is 2.49. The Kier molecular flexibility index (Phi) is 1.98. The molecule has 68 valence electrons. The number of pyridine rings is 1. The van der Waals surface area contributed by atoms with Crippen LogP contribution in [-0.2, 0) is 4.79 Å². The van der Waals surface area contributed by atoms with Gasteiger partial charge in [-0.1, -0.05) is 6.07 Å². The van der Waals surface area contributed by atoms with Crippen LogP contribution in [0.15, 0.2) is 24.5 Å². The first-order valence-corrected chi connectivity index (χ1v) is 4.16. The topological polar surface area (TPSA) is 62.2 Å². The average molecular weight is 178 g/mol. The third kappa shape index (κ3) is 1.53. The van der Waals surface area contributed by atoms with Crippen LogP contribution >= 0.6 is 0 Å². The van der Waals surface area contributed by atoms with Crippen LogP contribution in [-0.4, -0.2) is 22.1 Å². The molecule has 2 rings (SSSR count). The van der Waals surface area contributed by atoms with E-state index < -0.39 is 6.10 Å². The van der Waals surface area contributed by atoms with Gasteiger partial charge in [-0.2, -0.15) is 0 Å². The van der Waals surface area contributed by atoms with E-state index in [2.05, 4.69) is 10.3 Å². The lowest BCUT2D eigenvalue weighted by atomic mass is 10.1. The van der Waals surface area contributed by atoms with Gasteiger partial charge in [0.1, 0.15) is 6.10 Å². The fraction of sp³-hybridized carbons (Fsp3) is 0.333. The predicted molar refractivity (Wildman–Crippen MR) is 45.7 cm³/mol. The summed E-state index contributed by atoms with van der Waals surface area (Å²) in [7, 11) is 0. The normalized spacial score (nSPS) is 27.3. The van der Waals surface area contributed by atoms with Crippen LogP contribution < -0.4 is 5.32 Å². The van der Waals surface area contributed by atoms with Crippen LogP contribution in [0, 0.1) is 0 Å². The summed E-state index contributed by atoms with van der Waals surface area (Å²) in [6.07, 6.45) is 2.94. The lowest BCUT2D eigenvalue weighted by Gasteiger charge is -2.07. The van der Waals surface area contributed by atoms with Gasteiger partial charge in [0, 0.05) is 18.8 Å². The monoisotopic (exact) mass is 178 g/mol. The quantitative estimate of drug-likeness (QED) is 0.636. The second-order valence-corrected chi connectivity index (χ2v) is 3.10. The Hall–Kier alpha value is -1.42. The molecule has 2 atom stereocenters. The molecule has 0 aromatic carbocycles. The van der Waals surface area contributed by atoms with Gasteiger partial charge < -0.3 is 10.4 Å². The molecule has 1 fully saturated rings. The van der Waals surface area contributed by atoms with Gasteiger partial charge in [-0.3, -0.25) is 9.78 Å². The Balaban J connectivity index is 2.17. The number of hydrogen-bond acceptors (Lipinski definition) is 3. The Labute approximate surface area is 75.6 Å². The van der Waals surface area contributed by atoms with E-state index in [4.69, 9.17) is 0 Å². The van der Waals surface area contributed by atoms with Gasteiger partial charge in [0.15, 0.2) is 0 Å². The highest BCUT2D eigenvalue weighted by Gasteiger charge is 2.30. The van der Waals surface area contributed by atoms with Crippen LogP contribution in [0.1, 0.15) is 18.0 Å². The van der Waals surface area contributed by atoms with Crippen molar-refractivity contribution in [1.82, 2.24) is 10.3 Å². The lowest BCUT2D eigenvalue weighted by molar-refractivity contribution is -0.126. The predicted octanol–water partition coefficient (Wildman–Crippen LogP) is 0.00350. The molecule has 1 aromatic rings. The Bertz CT molecular complexity index is 313. The Morgan fingerprint density at radius 1 is 1.62 bits per heavy atom. The molecule has 0 bridgehead atoms. The molecular weight excluding hydrogens is 168 g/mol. The van der Waals surface area contributed by atoms with Gasteiger partial charge in [-0.15, -0.1) is 0 Å². The molecule has 2 heterocycles. The number of hydrogen-bond donors (Lipinski definition) is 2. The zero-order valence-corrected chi connectivity index (χ0v) is 6.97. The first-order chi connectivity index (χ1) is 6.27. The zero-order valence-electron chi connectivity index (χ0n) is 6.97. The minimum Gasteiger partial charge on any atom is -0.383 e. The second-order valence-electron chi connectivity index (χ2n) is 3.10. The molecule has 4 nitrogen and oxygen atoms in total. The van der Waals surface area contributed by atoms with Crippen molar-refractivity contribution in [1.29, 1.82) is 0 Å². The number of carbonyl (C=O) groups excluding carboxylic acids is 1. The van der Waals surface area contributed by atoms with Crippen molar-refractivity contribution in [2.45, 2.75) is 18.6 Å². The van der Waals surface area contributed by atoms with Crippen molar-refractivity contribution in [3.8, 4) is 0 Å². The molecule has 0 radical (unpaired) electrons. The van der Waals surface area contributed by atoms with E-state index in [1.54, 1.807) is 12.4 Å². The number of aliphatic hydroxyl groups is 1. The molecule has 0 spiro atoms. The number of carbonyl (C=O) groups is 1. The Morgan fingerprint density at radius 2 is 2.46 bits per heavy atom. The van der Waals surface area contributed by atoms with Crippen molar-refractivity contribution in [3.05, 3.63) is 30.1 Å². The molecule has 1 aromatic heterocycles. The number of aromatic nitrogens is 1. The maximum Gasteiger partial charge on any atom is 0.249 e. The molecule has 0 aliphatic carbocycles. The SMILES string of the molecule is O=C1N[C@@H](c2cccnc2)C[C@@H]1O. The number of rotatable bonds is 1. The molecule has 0 saturated carbocycles. The van der Waals surface area contributed by atoms with Crippen molar-refractivity contribution in [2.75, 3.05) is 0 Å². The van der Waals surface area contributed by atoms with Crippen LogP contribution in [0.3, 0.4) is 0 Å². The van der Waals surface area contributed by atoms with Crippen molar-refractivity contribution in [3.63, 3.8) is 0 Å². The van der Waals surface area contributed by atoms with Gasteiger partial charge in [-0.25, -0.2) is 0 Å². The number of amides is 1. The minimum atomic E-state index is -0.870. The summed E-state index contributed by atoms with van der Waals surface area (Å²) in [6, 6.07) is 3.61. The molecule has 1 aliphatic rings. The summed E-state index contributed by atoms with van der Waals surface area (Å²) in [5.41, 5.74) is 0.937. The summed E-state index contributed by atoms with van der Waals surface area (Å²) >= 11 is 0. The first kappa shape index (κ1) is 8.19. The van der Waals surface area contributed by atoms with Crippen LogP contribution in [0.4, 0.5) is 0 Å². The Morgan fingerprint density at radius 3 is 3.00 bits per heavy atom. The van der Waals surface area contributed by atoms with Crippen molar-refractivity contribution >= 4 is 5.91 Å². The highest BCUT2D eigenvalue weighted by molar-refractivity contribution is 5.83. The summed E-state index contributed by atoms with van der Waals surface area (Å²) in [5, 5.41) is 11.9. The molecular formula is C9H10N2O2. The maximum atomic E-state index is 11.0. The number of aliphatic hydroxyl groups excluding tert-OH is 1. The summed E-state index contributed by atoms with van der Waals surface area (Å²) in [5.74, 6) is -0.297. The van der Waals surface area contributed by atoms with Crippen LogP contribution in [0.2, 0.25) is 0 Å². The van der Waals surface area contributed by atoms with E-state index >= 15 is 0 Å². The first-order valence-electron chi connectivity index (χ1n) is 4.16. The van der Waals surface area contributed by atoms with E-state index in [9.17, 15) is 9.90 Å². The van der Waals surface area contributed by atoms with Gasteiger partial charge in [-0.05, 0) is 11.6 Å². The number of nitrogens with zero attached hydrogens (tertiary/aromatic N) is 1. The molecule has 1 saturated heterocycles. The lowest BCUT2D eigenvalue weighted by Crippen LogP contribution is -2.23. The molecule has 4 heteroatoms. The summed E-state index contributed by atoms with van der Waals surface area (Å²) in [4.78, 5) is 14.9. The molecule has 1 aliphatic heterocycles. The van der Waals surface area contributed by atoms with Crippen LogP contribution in [0.25, 0.3) is 0 Å². The summed E-state index contributed by atoms with van der Waals surface area (Å²) in [6.45, 7) is 0. The third-order valence-corrected chi connectivity index (χ3v) is 2.16. The molecule has 13 heavy (non-hydrogen) atoms. The van der Waals surface area contributed by atoms with E-state index in [0.717, 1.165) is 5.56 Å². The highest BCUT2D eigenvalue weighted by atomic mass is 16.3. The van der Waals surface area contributed by atoms with E-state index in [-0.39, 0.29) is 11.9 Å². The van der Waals surface area contributed by atoms with Crippen molar-refractivity contribution < 1.29 is 9.90 Å². The van der Waals surface area contributed by atoms with Gasteiger partial charge in [0.25, 0.3) is 0 Å². The van der Waals surface area contributed by atoms with Gasteiger partial charge >= 0.3 is 0 Å². The minimum absolute atomic E-state index is 0.0869. The molecule has 0 unspecified atom stereocenters. The smallest absolute Gasteiger partial charge is 0.249 e. The maximum absolute atomic E-state index is 11.0. The fourth-order valence-corrected chi connectivity index (χ4v) is 1.46. The van der Waals surface area contributed by atoms with E-state index in [0.29, 0.717) is 6.42 Å². The molecule has 2 N–H and O–H groups in total. The van der Waals surface area contributed by atoms with Crippen LogP contribution in [0.5, 0.6) is 0 Å². The van der Waals surface area contributed by atoms with Crippen molar-refractivity contribution in [2.24, 2.45) is 0 Å². The highest BCUT2D eigenvalue weighted by Crippen LogP contribution is 2.22. The standard InChI is InChI=1S/C9H10N2O2/c12-8-4-7(11-9(8)13)6-2-1-3-10-5-6/h1-3,5,7-8,12H,4H2,(H,11,13)/t7-,8+/m1/s1. The molecule has 1 amide bonds. The van der Waals surface area contributed by atoms with E-state index in [1.165, 1.54) is 0 Å². The number of nitrogens with one attached hydrogen (secondary N) is 1. The van der Waals surface area contributed by atoms with E-state index in [1.807, 2.05) is 12.1 Å². The fourth-order valence-electron chi connectivity index (χ4n) is 1.46. The largest absolute Gasteiger partial charge is 0.383 e. The second kappa shape index (κ2) is 3.14. The third-order valence-electron chi connectivity index (χ3n) is 2.16. The van der Waals surface area contributed by atoms with Gasteiger partial charge in [0.2, 0.25) is 5.91 Å². The van der Waals surface area contributed by atoms with Gasteiger partial charge in [0.05, 0.1) is 6.04 Å². The zero-order chi connectivity index (χ0) is 9.26.